The Morgan fingerprint density at radius 1 is 1.24 bits per heavy atom. The number of anilines is 1. The van der Waals surface area contributed by atoms with Crippen LogP contribution < -0.4 is 5.32 Å². The Morgan fingerprint density at radius 3 is 2.76 bits per heavy atom. The Labute approximate surface area is 101 Å². The van der Waals surface area contributed by atoms with Crippen LogP contribution in [0.15, 0.2) is 48.3 Å². The summed E-state index contributed by atoms with van der Waals surface area (Å²) in [6, 6.07) is 10.7. The number of hydrogen-bond acceptors (Lipinski definition) is 2. The van der Waals surface area contributed by atoms with Crippen molar-refractivity contribution in [3.8, 4) is 11.1 Å². The number of aromatic nitrogens is 2. The lowest BCUT2D eigenvalue weighted by molar-refractivity contribution is 0.575. The highest BCUT2D eigenvalue weighted by Gasteiger charge is 2.19. The van der Waals surface area contributed by atoms with Crippen LogP contribution in [0.1, 0.15) is 19.9 Å². The molecule has 0 aliphatic carbocycles. The molecular weight excluding hydrogens is 210 g/mol. The molecule has 2 aromatic rings. The smallest absolute Gasteiger partial charge is 0.137 e. The van der Waals surface area contributed by atoms with E-state index in [1.165, 1.54) is 11.3 Å². The van der Waals surface area contributed by atoms with Gasteiger partial charge in [0.05, 0.1) is 12.2 Å². The van der Waals surface area contributed by atoms with Gasteiger partial charge in [0.25, 0.3) is 0 Å². The van der Waals surface area contributed by atoms with Crippen LogP contribution in [-0.2, 0) is 0 Å². The summed E-state index contributed by atoms with van der Waals surface area (Å²) in [6.07, 6.45) is 4.11. The maximum atomic E-state index is 4.46. The molecule has 3 rings (SSSR count). The molecule has 1 aliphatic rings. The first-order valence-corrected chi connectivity index (χ1v) is 5.84. The molecule has 0 saturated carbocycles. The fourth-order valence-corrected chi connectivity index (χ4v) is 2.29. The first kappa shape index (κ1) is 10.1. The van der Waals surface area contributed by atoms with E-state index in [9.17, 15) is 0 Å². The minimum absolute atomic E-state index is 0.309. The molecule has 17 heavy (non-hydrogen) atoms. The van der Waals surface area contributed by atoms with Gasteiger partial charge in [-0.2, -0.15) is 5.10 Å². The fourth-order valence-electron chi connectivity index (χ4n) is 2.29. The molecule has 1 aromatic carbocycles. The predicted molar refractivity (Wildman–Crippen MR) is 69.8 cm³/mol. The summed E-state index contributed by atoms with van der Waals surface area (Å²) in [6.45, 7) is 4.23. The van der Waals surface area contributed by atoms with Crippen LogP contribution in [0.5, 0.6) is 0 Å². The first-order chi connectivity index (χ1) is 8.25. The van der Waals surface area contributed by atoms with Crippen molar-refractivity contribution >= 4 is 5.82 Å². The Morgan fingerprint density at radius 2 is 2.00 bits per heavy atom. The van der Waals surface area contributed by atoms with E-state index in [4.69, 9.17) is 0 Å². The number of fused-ring (bicyclic) bond motifs is 1. The third-order valence-electron chi connectivity index (χ3n) is 3.07. The van der Waals surface area contributed by atoms with Crippen molar-refractivity contribution in [1.82, 2.24) is 9.78 Å². The van der Waals surface area contributed by atoms with Crippen molar-refractivity contribution in [2.75, 3.05) is 5.32 Å². The number of rotatable bonds is 1. The van der Waals surface area contributed by atoms with Gasteiger partial charge in [0.1, 0.15) is 5.82 Å². The largest absolute Gasteiger partial charge is 0.344 e. The Kier molecular flexibility index (Phi) is 2.25. The third kappa shape index (κ3) is 1.64. The molecule has 0 radical (unpaired) electrons. The molecule has 1 atom stereocenters. The second-order valence-electron chi connectivity index (χ2n) is 4.43. The molecular formula is C14H15N3. The van der Waals surface area contributed by atoms with E-state index >= 15 is 0 Å². The SMILES string of the molecule is CC1=CC(C)n2ncc(-c3ccccc3)c2N1. The van der Waals surface area contributed by atoms with Crippen LogP contribution in [0, 0.1) is 0 Å². The molecule has 1 aliphatic heterocycles. The lowest BCUT2D eigenvalue weighted by Crippen LogP contribution is -2.16. The summed E-state index contributed by atoms with van der Waals surface area (Å²) >= 11 is 0. The van der Waals surface area contributed by atoms with Gasteiger partial charge in [-0.25, -0.2) is 4.68 Å². The lowest BCUT2D eigenvalue weighted by atomic mass is 10.1. The van der Waals surface area contributed by atoms with E-state index in [2.05, 4.69) is 42.5 Å². The number of allylic oxidation sites excluding steroid dienone is 2. The highest BCUT2D eigenvalue weighted by Crippen LogP contribution is 2.33. The molecule has 2 heterocycles. The monoisotopic (exact) mass is 225 g/mol. The number of benzene rings is 1. The van der Waals surface area contributed by atoms with Gasteiger partial charge in [0, 0.05) is 11.3 Å². The zero-order valence-electron chi connectivity index (χ0n) is 10.0. The average molecular weight is 225 g/mol. The molecule has 1 N–H and O–H groups in total. The zero-order valence-corrected chi connectivity index (χ0v) is 10.0. The minimum atomic E-state index is 0.309. The second-order valence-corrected chi connectivity index (χ2v) is 4.43. The van der Waals surface area contributed by atoms with Crippen LogP contribution in [0.25, 0.3) is 11.1 Å². The van der Waals surface area contributed by atoms with Gasteiger partial charge in [0.2, 0.25) is 0 Å². The van der Waals surface area contributed by atoms with E-state index in [1.54, 1.807) is 0 Å². The summed E-state index contributed by atoms with van der Waals surface area (Å²) in [5.74, 6) is 1.09. The lowest BCUT2D eigenvalue weighted by Gasteiger charge is -2.21. The van der Waals surface area contributed by atoms with Gasteiger partial charge in [0.15, 0.2) is 0 Å². The van der Waals surface area contributed by atoms with Gasteiger partial charge in [-0.05, 0) is 25.5 Å². The molecule has 3 heteroatoms. The maximum Gasteiger partial charge on any atom is 0.137 e. The topological polar surface area (TPSA) is 29.9 Å². The molecule has 1 unspecified atom stereocenters. The molecule has 0 spiro atoms. The van der Waals surface area contributed by atoms with Crippen molar-refractivity contribution in [3.63, 3.8) is 0 Å². The fraction of sp³-hybridized carbons (Fsp3) is 0.214. The molecule has 0 saturated heterocycles. The zero-order chi connectivity index (χ0) is 11.8. The number of hydrogen-bond donors (Lipinski definition) is 1. The molecule has 0 amide bonds. The molecule has 1 aromatic heterocycles. The quantitative estimate of drug-likeness (QED) is 0.805. The second kappa shape index (κ2) is 3.77. The van der Waals surface area contributed by atoms with E-state index in [-0.39, 0.29) is 0 Å². The first-order valence-electron chi connectivity index (χ1n) is 5.84. The third-order valence-corrected chi connectivity index (χ3v) is 3.07. The van der Waals surface area contributed by atoms with E-state index in [0.29, 0.717) is 6.04 Å². The van der Waals surface area contributed by atoms with Crippen LogP contribution in [0.4, 0.5) is 5.82 Å². The van der Waals surface area contributed by atoms with Crippen molar-refractivity contribution in [3.05, 3.63) is 48.3 Å². The Bertz CT molecular complexity index is 566. The Hall–Kier alpha value is -2.03. The van der Waals surface area contributed by atoms with E-state index in [1.807, 2.05) is 29.1 Å². The molecule has 0 fully saturated rings. The summed E-state index contributed by atoms with van der Waals surface area (Å²) in [7, 11) is 0. The van der Waals surface area contributed by atoms with Crippen molar-refractivity contribution in [2.45, 2.75) is 19.9 Å². The summed E-state index contributed by atoms with van der Waals surface area (Å²) in [5, 5.41) is 7.86. The van der Waals surface area contributed by atoms with E-state index in [0.717, 1.165) is 11.4 Å². The average Bonchev–Trinajstić information content (AvgIpc) is 2.74. The predicted octanol–water partition coefficient (Wildman–Crippen LogP) is 3.44. The van der Waals surface area contributed by atoms with Gasteiger partial charge in [-0.1, -0.05) is 30.3 Å². The minimum Gasteiger partial charge on any atom is -0.344 e. The van der Waals surface area contributed by atoms with Crippen molar-refractivity contribution < 1.29 is 0 Å². The van der Waals surface area contributed by atoms with Gasteiger partial charge >= 0.3 is 0 Å². The van der Waals surface area contributed by atoms with Crippen molar-refractivity contribution in [1.29, 1.82) is 0 Å². The summed E-state index contributed by atoms with van der Waals surface area (Å²) in [4.78, 5) is 0. The number of nitrogens with zero attached hydrogens (tertiary/aromatic N) is 2. The molecule has 86 valence electrons. The Balaban J connectivity index is 2.12. The van der Waals surface area contributed by atoms with Crippen LogP contribution in [0.2, 0.25) is 0 Å². The molecule has 3 nitrogen and oxygen atoms in total. The standard InChI is InChI=1S/C14H15N3/c1-10-8-11(2)17-14(16-10)13(9-15-17)12-6-4-3-5-7-12/h3-9,11,16H,1-2H3. The normalized spacial score (nSPS) is 18.2. The summed E-state index contributed by atoms with van der Waals surface area (Å²) < 4.78 is 2.02. The van der Waals surface area contributed by atoms with Crippen LogP contribution >= 0.6 is 0 Å². The van der Waals surface area contributed by atoms with Crippen LogP contribution in [-0.4, -0.2) is 9.78 Å². The van der Waals surface area contributed by atoms with Crippen molar-refractivity contribution in [2.24, 2.45) is 0 Å². The van der Waals surface area contributed by atoms with Crippen LogP contribution in [0.3, 0.4) is 0 Å². The van der Waals surface area contributed by atoms with Gasteiger partial charge < -0.3 is 5.32 Å². The van der Waals surface area contributed by atoms with Gasteiger partial charge in [-0.15, -0.1) is 0 Å². The summed E-state index contributed by atoms with van der Waals surface area (Å²) in [5.41, 5.74) is 3.54. The van der Waals surface area contributed by atoms with E-state index < -0.39 is 0 Å². The maximum absolute atomic E-state index is 4.46. The highest BCUT2D eigenvalue weighted by atomic mass is 15.3. The highest BCUT2D eigenvalue weighted by molar-refractivity contribution is 5.76. The molecule has 0 bridgehead atoms. The van der Waals surface area contributed by atoms with Gasteiger partial charge in [-0.3, -0.25) is 0 Å². The number of nitrogens with one attached hydrogen (secondary N) is 1.